The van der Waals surface area contributed by atoms with E-state index in [2.05, 4.69) is 4.98 Å². The summed E-state index contributed by atoms with van der Waals surface area (Å²) in [5, 5.41) is 2.80. The standard InChI is InChI=1S/C14H9NO/c16-13-6-3-9-15-14-11-5-2-1-4-10(11)7-8-12(13)14/h1-9H. The second-order valence-corrected chi connectivity index (χ2v) is 3.68. The highest BCUT2D eigenvalue weighted by Gasteiger charge is 2.01. The van der Waals surface area contributed by atoms with Gasteiger partial charge in [-0.3, -0.25) is 9.78 Å². The maximum atomic E-state index is 11.8. The molecule has 0 spiro atoms. The lowest BCUT2D eigenvalue weighted by Gasteiger charge is -1.98. The quantitative estimate of drug-likeness (QED) is 0.567. The topological polar surface area (TPSA) is 30.0 Å². The maximum Gasteiger partial charge on any atom is 0.188 e. The first-order valence-corrected chi connectivity index (χ1v) is 5.13. The van der Waals surface area contributed by atoms with Crippen molar-refractivity contribution in [2.75, 3.05) is 0 Å². The molecule has 16 heavy (non-hydrogen) atoms. The van der Waals surface area contributed by atoms with Gasteiger partial charge in [-0.05, 0) is 23.6 Å². The predicted molar refractivity (Wildman–Crippen MR) is 65.5 cm³/mol. The summed E-state index contributed by atoms with van der Waals surface area (Å²) in [6, 6.07) is 15.0. The summed E-state index contributed by atoms with van der Waals surface area (Å²) in [5.41, 5.74) is 0.784. The number of nitrogens with zero attached hydrogens (tertiary/aromatic N) is 1. The molecule has 0 bridgehead atoms. The molecule has 3 aromatic rings. The Bertz CT molecular complexity index is 734. The fourth-order valence-corrected chi connectivity index (χ4v) is 1.93. The van der Waals surface area contributed by atoms with Crippen LogP contribution in [0.4, 0.5) is 0 Å². The normalized spacial score (nSPS) is 10.8. The molecule has 0 amide bonds. The highest BCUT2D eigenvalue weighted by Crippen LogP contribution is 2.20. The van der Waals surface area contributed by atoms with E-state index in [1.165, 1.54) is 0 Å². The lowest BCUT2D eigenvalue weighted by Crippen LogP contribution is -1.94. The molecule has 0 aliphatic heterocycles. The van der Waals surface area contributed by atoms with E-state index >= 15 is 0 Å². The van der Waals surface area contributed by atoms with Crippen LogP contribution in [0.2, 0.25) is 0 Å². The molecular formula is C14H9NO. The molecule has 1 heterocycles. The SMILES string of the molecule is O=c1cccnc2c1ccc1ccccc12. The van der Waals surface area contributed by atoms with Crippen LogP contribution in [0.3, 0.4) is 0 Å². The summed E-state index contributed by atoms with van der Waals surface area (Å²) in [5.74, 6) is 0. The third kappa shape index (κ3) is 1.27. The van der Waals surface area contributed by atoms with E-state index in [0.717, 1.165) is 16.3 Å². The molecule has 0 radical (unpaired) electrons. The molecule has 0 N–H and O–H groups in total. The Labute approximate surface area is 92.2 Å². The molecule has 0 atom stereocenters. The number of aromatic nitrogens is 1. The fraction of sp³-hybridized carbons (Fsp3) is 0. The Morgan fingerprint density at radius 3 is 2.62 bits per heavy atom. The summed E-state index contributed by atoms with van der Waals surface area (Å²) >= 11 is 0. The summed E-state index contributed by atoms with van der Waals surface area (Å²) < 4.78 is 0. The van der Waals surface area contributed by atoms with Gasteiger partial charge in [0.1, 0.15) is 0 Å². The minimum atomic E-state index is 0.0123. The monoisotopic (exact) mass is 207 g/mol. The number of hydrogen-bond acceptors (Lipinski definition) is 2. The van der Waals surface area contributed by atoms with Crippen LogP contribution in [0.5, 0.6) is 0 Å². The van der Waals surface area contributed by atoms with Crippen LogP contribution in [0, 0.1) is 0 Å². The second-order valence-electron chi connectivity index (χ2n) is 3.68. The third-order valence-corrected chi connectivity index (χ3v) is 2.70. The lowest BCUT2D eigenvalue weighted by molar-refractivity contribution is 1.45. The van der Waals surface area contributed by atoms with Crippen molar-refractivity contribution in [2.24, 2.45) is 0 Å². The minimum absolute atomic E-state index is 0.0123. The van der Waals surface area contributed by atoms with Gasteiger partial charge >= 0.3 is 0 Å². The first-order valence-electron chi connectivity index (χ1n) is 5.13. The van der Waals surface area contributed by atoms with Crippen molar-refractivity contribution in [3.8, 4) is 0 Å². The summed E-state index contributed by atoms with van der Waals surface area (Å²) in [6.07, 6.45) is 1.66. The van der Waals surface area contributed by atoms with Gasteiger partial charge in [0.25, 0.3) is 0 Å². The minimum Gasteiger partial charge on any atom is -0.289 e. The molecule has 0 unspecified atom stereocenters. The molecular weight excluding hydrogens is 198 g/mol. The van der Waals surface area contributed by atoms with E-state index in [-0.39, 0.29) is 5.43 Å². The molecule has 0 aliphatic carbocycles. The van der Waals surface area contributed by atoms with Crippen LogP contribution in [0.15, 0.2) is 59.5 Å². The molecule has 2 nitrogen and oxygen atoms in total. The zero-order chi connectivity index (χ0) is 11.0. The summed E-state index contributed by atoms with van der Waals surface area (Å²) in [6.45, 7) is 0. The van der Waals surface area contributed by atoms with Crippen molar-refractivity contribution >= 4 is 21.7 Å². The predicted octanol–water partition coefficient (Wildman–Crippen LogP) is 2.75. The maximum absolute atomic E-state index is 11.8. The van der Waals surface area contributed by atoms with E-state index in [1.807, 2.05) is 36.4 Å². The number of hydrogen-bond donors (Lipinski definition) is 0. The van der Waals surface area contributed by atoms with E-state index in [0.29, 0.717) is 5.39 Å². The molecule has 0 saturated heterocycles. The van der Waals surface area contributed by atoms with Gasteiger partial charge in [0.15, 0.2) is 5.43 Å². The zero-order valence-electron chi connectivity index (χ0n) is 8.55. The summed E-state index contributed by atoms with van der Waals surface area (Å²) in [7, 11) is 0. The van der Waals surface area contributed by atoms with E-state index in [4.69, 9.17) is 0 Å². The lowest BCUT2D eigenvalue weighted by atomic mass is 10.1. The van der Waals surface area contributed by atoms with Crippen molar-refractivity contribution in [2.45, 2.75) is 0 Å². The molecule has 0 saturated carbocycles. The Hall–Kier alpha value is -2.22. The van der Waals surface area contributed by atoms with Crippen LogP contribution in [-0.4, -0.2) is 4.98 Å². The molecule has 3 rings (SSSR count). The highest BCUT2D eigenvalue weighted by atomic mass is 16.1. The zero-order valence-corrected chi connectivity index (χ0v) is 8.55. The van der Waals surface area contributed by atoms with Crippen LogP contribution in [0.25, 0.3) is 21.7 Å². The number of fused-ring (bicyclic) bond motifs is 3. The van der Waals surface area contributed by atoms with Gasteiger partial charge in [0.2, 0.25) is 0 Å². The van der Waals surface area contributed by atoms with Crippen LogP contribution < -0.4 is 5.43 Å². The van der Waals surface area contributed by atoms with E-state index in [9.17, 15) is 4.79 Å². The Morgan fingerprint density at radius 2 is 1.69 bits per heavy atom. The van der Waals surface area contributed by atoms with Crippen LogP contribution in [0.1, 0.15) is 0 Å². The molecule has 0 fully saturated rings. The highest BCUT2D eigenvalue weighted by molar-refractivity contribution is 6.04. The van der Waals surface area contributed by atoms with Gasteiger partial charge in [0.05, 0.1) is 5.52 Å². The van der Waals surface area contributed by atoms with Crippen molar-refractivity contribution in [3.63, 3.8) is 0 Å². The molecule has 0 aliphatic rings. The van der Waals surface area contributed by atoms with Gasteiger partial charge in [-0.2, -0.15) is 0 Å². The Kier molecular flexibility index (Phi) is 1.93. The third-order valence-electron chi connectivity index (χ3n) is 2.70. The van der Waals surface area contributed by atoms with Gasteiger partial charge in [0, 0.05) is 17.0 Å². The average Bonchev–Trinajstić information content (AvgIpc) is 2.52. The second kappa shape index (κ2) is 3.42. The molecule has 76 valence electrons. The van der Waals surface area contributed by atoms with Gasteiger partial charge in [-0.15, -0.1) is 0 Å². The largest absolute Gasteiger partial charge is 0.289 e. The van der Waals surface area contributed by atoms with Crippen LogP contribution >= 0.6 is 0 Å². The van der Waals surface area contributed by atoms with Gasteiger partial charge in [-0.25, -0.2) is 0 Å². The first kappa shape index (κ1) is 9.04. The van der Waals surface area contributed by atoms with E-state index in [1.54, 1.807) is 18.3 Å². The fourth-order valence-electron chi connectivity index (χ4n) is 1.93. The molecule has 2 aromatic carbocycles. The molecule has 1 aromatic heterocycles. The van der Waals surface area contributed by atoms with Gasteiger partial charge in [-0.1, -0.05) is 30.3 Å². The van der Waals surface area contributed by atoms with Crippen molar-refractivity contribution in [1.82, 2.24) is 4.98 Å². The first-order chi connectivity index (χ1) is 7.86. The van der Waals surface area contributed by atoms with Crippen molar-refractivity contribution in [1.29, 1.82) is 0 Å². The Morgan fingerprint density at radius 1 is 0.812 bits per heavy atom. The smallest absolute Gasteiger partial charge is 0.188 e. The Balaban J connectivity index is 2.68. The number of benzene rings is 2. The average molecular weight is 207 g/mol. The number of rotatable bonds is 0. The van der Waals surface area contributed by atoms with Crippen molar-refractivity contribution in [3.05, 3.63) is 65.0 Å². The van der Waals surface area contributed by atoms with Gasteiger partial charge < -0.3 is 0 Å². The summed E-state index contributed by atoms with van der Waals surface area (Å²) in [4.78, 5) is 16.1. The van der Waals surface area contributed by atoms with Crippen LogP contribution in [-0.2, 0) is 0 Å². The molecule has 2 heteroatoms. The van der Waals surface area contributed by atoms with E-state index < -0.39 is 0 Å². The van der Waals surface area contributed by atoms with Crippen molar-refractivity contribution < 1.29 is 0 Å².